The lowest BCUT2D eigenvalue weighted by atomic mass is 10.1. The second-order valence-corrected chi connectivity index (χ2v) is 6.19. The molecule has 2 fully saturated rings. The Balaban J connectivity index is 1.51. The number of amides is 2. The maximum atomic E-state index is 12.5. The van der Waals surface area contributed by atoms with Gasteiger partial charge in [-0.05, 0) is 32.3 Å². The number of nitrogens with one attached hydrogen (secondary N) is 1. The van der Waals surface area contributed by atoms with Gasteiger partial charge in [0.2, 0.25) is 0 Å². The van der Waals surface area contributed by atoms with Crippen molar-refractivity contribution in [1.29, 1.82) is 0 Å². The minimum atomic E-state index is 0.0593. The van der Waals surface area contributed by atoms with Crippen molar-refractivity contribution in [1.82, 2.24) is 20.0 Å². The fourth-order valence-corrected chi connectivity index (χ4v) is 2.82. The predicted octanol–water partition coefficient (Wildman–Crippen LogP) is 1.48. The first kappa shape index (κ1) is 14.4. The molecule has 1 aliphatic carbocycles. The third-order valence-electron chi connectivity index (χ3n) is 4.12. The lowest BCUT2D eigenvalue weighted by Crippen LogP contribution is -2.48. The molecule has 1 aromatic rings. The standard InChI is InChI=1S/C15H24N4O2/c1-12(9-18-7-2-6-16-18)17-15(20)19(14-3-4-14)10-13-5-8-21-11-13/h2,6-7,12-14H,3-5,8-11H2,1H3,(H,17,20). The summed E-state index contributed by atoms with van der Waals surface area (Å²) >= 11 is 0. The number of aromatic nitrogens is 2. The summed E-state index contributed by atoms with van der Waals surface area (Å²) in [5.74, 6) is 0.498. The van der Waals surface area contributed by atoms with Crippen LogP contribution in [0.1, 0.15) is 26.2 Å². The van der Waals surface area contributed by atoms with E-state index in [1.807, 2.05) is 28.8 Å². The van der Waals surface area contributed by atoms with E-state index in [0.717, 1.165) is 39.0 Å². The molecule has 2 heterocycles. The molecule has 2 aliphatic rings. The smallest absolute Gasteiger partial charge is 0.317 e. The van der Waals surface area contributed by atoms with Crippen LogP contribution in [0.4, 0.5) is 4.79 Å². The highest BCUT2D eigenvalue weighted by Gasteiger charge is 2.35. The maximum Gasteiger partial charge on any atom is 0.317 e. The van der Waals surface area contributed by atoms with Gasteiger partial charge in [0.05, 0.1) is 13.2 Å². The Bertz CT molecular complexity index is 452. The Morgan fingerprint density at radius 3 is 3.00 bits per heavy atom. The summed E-state index contributed by atoms with van der Waals surface area (Å²) in [6, 6.07) is 2.45. The minimum absolute atomic E-state index is 0.0593. The van der Waals surface area contributed by atoms with Crippen LogP contribution in [-0.2, 0) is 11.3 Å². The van der Waals surface area contributed by atoms with Crippen LogP contribution in [0, 0.1) is 5.92 Å². The number of hydrogen-bond acceptors (Lipinski definition) is 3. The van der Waals surface area contributed by atoms with Crippen molar-refractivity contribution in [2.75, 3.05) is 19.8 Å². The monoisotopic (exact) mass is 292 g/mol. The van der Waals surface area contributed by atoms with Gasteiger partial charge in [-0.3, -0.25) is 4.68 Å². The molecule has 2 amide bonds. The first-order chi connectivity index (χ1) is 10.2. The number of carbonyl (C=O) groups is 1. The van der Waals surface area contributed by atoms with Gasteiger partial charge in [-0.1, -0.05) is 0 Å². The Kier molecular flexibility index (Phi) is 4.43. The maximum absolute atomic E-state index is 12.5. The van der Waals surface area contributed by atoms with E-state index in [1.54, 1.807) is 6.20 Å². The molecule has 2 unspecified atom stereocenters. The summed E-state index contributed by atoms with van der Waals surface area (Å²) in [6.07, 6.45) is 7.00. The highest BCUT2D eigenvalue weighted by molar-refractivity contribution is 5.75. The van der Waals surface area contributed by atoms with E-state index in [9.17, 15) is 4.79 Å². The molecule has 1 aliphatic heterocycles. The summed E-state index contributed by atoms with van der Waals surface area (Å²) in [4.78, 5) is 14.5. The van der Waals surface area contributed by atoms with Crippen molar-refractivity contribution in [3.8, 4) is 0 Å². The van der Waals surface area contributed by atoms with Gasteiger partial charge in [0.15, 0.2) is 0 Å². The number of urea groups is 1. The van der Waals surface area contributed by atoms with Crippen LogP contribution in [0.25, 0.3) is 0 Å². The van der Waals surface area contributed by atoms with Gasteiger partial charge < -0.3 is 15.0 Å². The Morgan fingerprint density at radius 1 is 1.52 bits per heavy atom. The van der Waals surface area contributed by atoms with Gasteiger partial charge in [0, 0.05) is 43.5 Å². The molecule has 1 aromatic heterocycles. The fourth-order valence-electron chi connectivity index (χ4n) is 2.82. The van der Waals surface area contributed by atoms with Crippen molar-refractivity contribution in [3.05, 3.63) is 18.5 Å². The number of ether oxygens (including phenoxy) is 1. The summed E-state index contributed by atoms with van der Waals surface area (Å²) in [5.41, 5.74) is 0. The summed E-state index contributed by atoms with van der Waals surface area (Å²) in [7, 11) is 0. The molecule has 1 saturated heterocycles. The first-order valence-corrected chi connectivity index (χ1v) is 7.84. The normalized spacial score (nSPS) is 23.0. The molecule has 3 rings (SSSR count). The molecule has 0 bridgehead atoms. The zero-order chi connectivity index (χ0) is 14.7. The van der Waals surface area contributed by atoms with E-state index in [2.05, 4.69) is 10.4 Å². The summed E-state index contributed by atoms with van der Waals surface area (Å²) in [5, 5.41) is 7.27. The largest absolute Gasteiger partial charge is 0.381 e. The number of nitrogens with zero attached hydrogens (tertiary/aromatic N) is 3. The van der Waals surface area contributed by atoms with Crippen LogP contribution in [0.5, 0.6) is 0 Å². The molecule has 0 spiro atoms. The molecular formula is C15H24N4O2. The molecule has 1 N–H and O–H groups in total. The molecule has 1 saturated carbocycles. The van der Waals surface area contributed by atoms with Crippen molar-refractivity contribution in [2.45, 2.75) is 44.8 Å². The fraction of sp³-hybridized carbons (Fsp3) is 0.733. The van der Waals surface area contributed by atoms with E-state index < -0.39 is 0 Å². The second kappa shape index (κ2) is 6.47. The molecule has 0 radical (unpaired) electrons. The van der Waals surface area contributed by atoms with Crippen LogP contribution in [0.3, 0.4) is 0 Å². The third-order valence-corrected chi connectivity index (χ3v) is 4.12. The van der Waals surface area contributed by atoms with E-state index in [0.29, 0.717) is 18.5 Å². The average Bonchev–Trinajstić information content (AvgIpc) is 2.94. The zero-order valence-corrected chi connectivity index (χ0v) is 12.6. The highest BCUT2D eigenvalue weighted by atomic mass is 16.5. The van der Waals surface area contributed by atoms with E-state index >= 15 is 0 Å². The van der Waals surface area contributed by atoms with Crippen molar-refractivity contribution < 1.29 is 9.53 Å². The number of hydrogen-bond donors (Lipinski definition) is 1. The molecule has 6 nitrogen and oxygen atoms in total. The van der Waals surface area contributed by atoms with Crippen LogP contribution < -0.4 is 5.32 Å². The van der Waals surface area contributed by atoms with E-state index in [-0.39, 0.29) is 12.1 Å². The van der Waals surface area contributed by atoms with E-state index in [4.69, 9.17) is 4.74 Å². The van der Waals surface area contributed by atoms with Crippen LogP contribution >= 0.6 is 0 Å². The topological polar surface area (TPSA) is 59.4 Å². The van der Waals surface area contributed by atoms with Crippen molar-refractivity contribution in [2.24, 2.45) is 5.92 Å². The molecule has 116 valence electrons. The Hall–Kier alpha value is -1.56. The summed E-state index contributed by atoms with van der Waals surface area (Å²) in [6.45, 7) is 5.16. The lowest BCUT2D eigenvalue weighted by Gasteiger charge is -2.27. The number of carbonyl (C=O) groups excluding carboxylic acids is 1. The van der Waals surface area contributed by atoms with Gasteiger partial charge in [-0.15, -0.1) is 0 Å². The lowest BCUT2D eigenvalue weighted by molar-refractivity contribution is 0.160. The third kappa shape index (κ3) is 3.97. The predicted molar refractivity (Wildman–Crippen MR) is 78.9 cm³/mol. The van der Waals surface area contributed by atoms with Gasteiger partial charge >= 0.3 is 6.03 Å². The average molecular weight is 292 g/mol. The first-order valence-electron chi connectivity index (χ1n) is 7.84. The molecule has 2 atom stereocenters. The van der Waals surface area contributed by atoms with Gasteiger partial charge in [-0.25, -0.2) is 4.79 Å². The van der Waals surface area contributed by atoms with E-state index in [1.165, 1.54) is 0 Å². The van der Waals surface area contributed by atoms with Crippen LogP contribution in [0.15, 0.2) is 18.5 Å². The SMILES string of the molecule is CC(Cn1cccn1)NC(=O)N(CC1CCOC1)C1CC1. The molecule has 0 aromatic carbocycles. The molecule has 6 heteroatoms. The minimum Gasteiger partial charge on any atom is -0.381 e. The van der Waals surface area contributed by atoms with Crippen molar-refractivity contribution in [3.63, 3.8) is 0 Å². The Morgan fingerprint density at radius 2 is 2.38 bits per heavy atom. The van der Waals surface area contributed by atoms with Gasteiger partial charge in [0.25, 0.3) is 0 Å². The summed E-state index contributed by atoms with van der Waals surface area (Å²) < 4.78 is 7.26. The number of rotatable bonds is 6. The molecular weight excluding hydrogens is 268 g/mol. The quantitative estimate of drug-likeness (QED) is 0.864. The Labute approximate surface area is 125 Å². The second-order valence-electron chi connectivity index (χ2n) is 6.19. The zero-order valence-electron chi connectivity index (χ0n) is 12.6. The van der Waals surface area contributed by atoms with Gasteiger partial charge in [-0.2, -0.15) is 5.10 Å². The highest BCUT2D eigenvalue weighted by Crippen LogP contribution is 2.29. The van der Waals surface area contributed by atoms with Crippen LogP contribution in [-0.4, -0.2) is 52.6 Å². The van der Waals surface area contributed by atoms with Crippen molar-refractivity contribution >= 4 is 6.03 Å². The van der Waals surface area contributed by atoms with Crippen LogP contribution in [0.2, 0.25) is 0 Å². The van der Waals surface area contributed by atoms with Gasteiger partial charge in [0.1, 0.15) is 0 Å². The molecule has 21 heavy (non-hydrogen) atoms.